The highest BCUT2D eigenvalue weighted by molar-refractivity contribution is 5.85. The van der Waals surface area contributed by atoms with Crippen molar-refractivity contribution in [3.05, 3.63) is 34.9 Å². The van der Waals surface area contributed by atoms with Gasteiger partial charge in [0.2, 0.25) is 0 Å². The van der Waals surface area contributed by atoms with E-state index in [4.69, 9.17) is 14.7 Å². The van der Waals surface area contributed by atoms with E-state index in [0.29, 0.717) is 31.1 Å². The monoisotopic (exact) mass is 423 g/mol. The third-order valence-electron chi connectivity index (χ3n) is 7.57. The molecule has 0 amide bonds. The second-order valence-electron chi connectivity index (χ2n) is 10.0. The summed E-state index contributed by atoms with van der Waals surface area (Å²) in [6.07, 6.45) is 8.47. The van der Waals surface area contributed by atoms with E-state index >= 15 is 0 Å². The summed E-state index contributed by atoms with van der Waals surface area (Å²) in [5.41, 5.74) is 2.00. The summed E-state index contributed by atoms with van der Waals surface area (Å²) >= 11 is 0. The van der Waals surface area contributed by atoms with E-state index in [1.807, 2.05) is 6.07 Å². The van der Waals surface area contributed by atoms with E-state index in [0.717, 1.165) is 49.7 Å². The van der Waals surface area contributed by atoms with Crippen molar-refractivity contribution in [3.8, 4) is 17.6 Å². The molecule has 31 heavy (non-hydrogen) atoms. The van der Waals surface area contributed by atoms with Crippen molar-refractivity contribution in [2.24, 2.45) is 5.92 Å². The Hall–Kier alpha value is -2.48. The first-order chi connectivity index (χ1) is 14.8. The van der Waals surface area contributed by atoms with Gasteiger partial charge in [0.1, 0.15) is 17.1 Å². The summed E-state index contributed by atoms with van der Waals surface area (Å²) in [5.74, 6) is 1.27. The smallest absolute Gasteiger partial charge is 0.316 e. The Morgan fingerprint density at radius 2 is 2.10 bits per heavy atom. The number of hydrogen-bond acceptors (Lipinski definition) is 5. The number of aromatic hydroxyl groups is 1. The SMILES string of the molecule is CC1=CC[C@@H]2[C@@H](C1)c1c(O)cc(C3(C(=O)OCCCCC#N)CCC3)cc1OC2(C)C. The van der Waals surface area contributed by atoms with Crippen molar-refractivity contribution in [1.82, 2.24) is 0 Å². The number of phenols is 1. The number of ether oxygens (including phenoxy) is 2. The van der Waals surface area contributed by atoms with Crippen LogP contribution in [0.25, 0.3) is 0 Å². The number of hydrogen-bond donors (Lipinski definition) is 1. The minimum absolute atomic E-state index is 0.223. The number of esters is 1. The van der Waals surface area contributed by atoms with Crippen molar-refractivity contribution < 1.29 is 19.4 Å². The van der Waals surface area contributed by atoms with Gasteiger partial charge in [-0.3, -0.25) is 4.79 Å². The standard InChI is InChI=1S/C26H33NO4/c1-17-8-9-20-19(14-17)23-21(28)15-18(16-22(23)31-25(20,2)3)26(10-7-11-26)24(29)30-13-6-4-5-12-27/h8,15-16,19-20,28H,4-7,9-11,13-14H2,1-3H3/t19-,20-/m1/s1. The summed E-state index contributed by atoms with van der Waals surface area (Å²) in [6.45, 7) is 6.73. The highest BCUT2D eigenvalue weighted by Gasteiger charge is 2.50. The molecular weight excluding hydrogens is 390 g/mol. The quantitative estimate of drug-likeness (QED) is 0.363. The van der Waals surface area contributed by atoms with E-state index in [-0.39, 0.29) is 23.2 Å². The Morgan fingerprint density at radius 3 is 2.77 bits per heavy atom. The van der Waals surface area contributed by atoms with Crippen LogP contribution in [-0.4, -0.2) is 23.3 Å². The van der Waals surface area contributed by atoms with Crippen LogP contribution in [0.5, 0.6) is 11.5 Å². The van der Waals surface area contributed by atoms with Crippen molar-refractivity contribution >= 4 is 5.97 Å². The largest absolute Gasteiger partial charge is 0.508 e. The first kappa shape index (κ1) is 21.7. The maximum absolute atomic E-state index is 13.0. The molecule has 0 spiro atoms. The van der Waals surface area contributed by atoms with Gasteiger partial charge in [0.05, 0.1) is 18.1 Å². The molecule has 1 saturated carbocycles. The molecule has 1 aromatic rings. The Balaban J connectivity index is 1.62. The molecule has 0 bridgehead atoms. The number of allylic oxidation sites excluding steroid dienone is 2. The predicted molar refractivity (Wildman–Crippen MR) is 118 cm³/mol. The molecule has 4 rings (SSSR count). The number of rotatable bonds is 6. The first-order valence-electron chi connectivity index (χ1n) is 11.5. The molecule has 1 N–H and O–H groups in total. The third kappa shape index (κ3) is 3.82. The maximum atomic E-state index is 13.0. The van der Waals surface area contributed by atoms with Gasteiger partial charge in [-0.1, -0.05) is 18.1 Å². The second-order valence-corrected chi connectivity index (χ2v) is 10.0. The van der Waals surface area contributed by atoms with Crippen LogP contribution < -0.4 is 4.74 Å². The highest BCUT2D eigenvalue weighted by atomic mass is 16.5. The molecule has 0 unspecified atom stereocenters. The van der Waals surface area contributed by atoms with Crippen LogP contribution in [0.1, 0.15) is 89.2 Å². The number of nitrogens with zero attached hydrogens (tertiary/aromatic N) is 1. The van der Waals surface area contributed by atoms with Gasteiger partial charge in [-0.15, -0.1) is 0 Å². The van der Waals surface area contributed by atoms with Crippen molar-refractivity contribution in [2.45, 2.75) is 89.1 Å². The number of fused-ring (bicyclic) bond motifs is 3. The summed E-state index contributed by atoms with van der Waals surface area (Å²) in [4.78, 5) is 13.0. The molecule has 5 heteroatoms. The van der Waals surface area contributed by atoms with E-state index in [9.17, 15) is 9.90 Å². The molecule has 1 aromatic carbocycles. The second kappa shape index (κ2) is 8.22. The summed E-state index contributed by atoms with van der Waals surface area (Å²) in [5, 5.41) is 19.7. The maximum Gasteiger partial charge on any atom is 0.316 e. The number of carbonyl (C=O) groups is 1. The number of phenolic OH excluding ortho intramolecular Hbond substituents is 1. The average molecular weight is 424 g/mol. The van der Waals surface area contributed by atoms with Crippen LogP contribution in [0.4, 0.5) is 0 Å². The van der Waals surface area contributed by atoms with Crippen molar-refractivity contribution in [2.75, 3.05) is 6.61 Å². The predicted octanol–water partition coefficient (Wildman–Crippen LogP) is 5.66. The Bertz CT molecular complexity index is 935. The first-order valence-corrected chi connectivity index (χ1v) is 11.5. The normalized spacial score (nSPS) is 25.0. The van der Waals surface area contributed by atoms with Crippen molar-refractivity contribution in [3.63, 3.8) is 0 Å². The third-order valence-corrected chi connectivity index (χ3v) is 7.57. The zero-order chi connectivity index (χ0) is 22.2. The lowest BCUT2D eigenvalue weighted by Crippen LogP contribution is -2.46. The number of nitriles is 1. The fraction of sp³-hybridized carbons (Fsp3) is 0.615. The van der Waals surface area contributed by atoms with Crippen LogP contribution >= 0.6 is 0 Å². The molecule has 5 nitrogen and oxygen atoms in total. The molecule has 0 saturated heterocycles. The van der Waals surface area contributed by atoms with E-state index in [1.54, 1.807) is 6.07 Å². The minimum Gasteiger partial charge on any atom is -0.508 e. The van der Waals surface area contributed by atoms with Crippen LogP contribution in [0.3, 0.4) is 0 Å². The van der Waals surface area contributed by atoms with Gasteiger partial charge in [0.15, 0.2) is 0 Å². The molecule has 3 aliphatic rings. The lowest BCUT2D eigenvalue weighted by atomic mass is 9.63. The zero-order valence-corrected chi connectivity index (χ0v) is 18.9. The van der Waals surface area contributed by atoms with Gasteiger partial charge < -0.3 is 14.6 Å². The molecule has 1 heterocycles. The molecular formula is C26H33NO4. The Morgan fingerprint density at radius 1 is 1.32 bits per heavy atom. The van der Waals surface area contributed by atoms with Crippen LogP contribution in [0.15, 0.2) is 23.8 Å². The lowest BCUT2D eigenvalue weighted by Gasteiger charge is -2.48. The van der Waals surface area contributed by atoms with E-state index < -0.39 is 5.41 Å². The Kier molecular flexibility index (Phi) is 5.77. The molecule has 2 atom stereocenters. The van der Waals surface area contributed by atoms with Gasteiger partial charge in [-0.2, -0.15) is 5.26 Å². The van der Waals surface area contributed by atoms with Gasteiger partial charge in [0.25, 0.3) is 0 Å². The topological polar surface area (TPSA) is 79.5 Å². The fourth-order valence-electron chi connectivity index (χ4n) is 5.59. The molecule has 0 aromatic heterocycles. The Labute approximate surface area is 185 Å². The molecule has 0 radical (unpaired) electrons. The molecule has 1 fully saturated rings. The van der Waals surface area contributed by atoms with Crippen LogP contribution in [0.2, 0.25) is 0 Å². The van der Waals surface area contributed by atoms with Gasteiger partial charge in [-0.25, -0.2) is 0 Å². The number of benzene rings is 1. The van der Waals surface area contributed by atoms with Crippen LogP contribution in [-0.2, 0) is 14.9 Å². The highest BCUT2D eigenvalue weighted by Crippen LogP contribution is 2.56. The number of unbranched alkanes of at least 4 members (excludes halogenated alkanes) is 2. The number of carbonyl (C=O) groups excluding carboxylic acids is 1. The molecule has 1 aliphatic heterocycles. The van der Waals surface area contributed by atoms with E-state index in [2.05, 4.69) is 32.9 Å². The summed E-state index contributed by atoms with van der Waals surface area (Å²) in [6, 6.07) is 5.87. The molecule has 166 valence electrons. The van der Waals surface area contributed by atoms with Gasteiger partial charge in [-0.05, 0) is 77.0 Å². The molecule has 2 aliphatic carbocycles. The van der Waals surface area contributed by atoms with E-state index in [1.165, 1.54) is 5.57 Å². The van der Waals surface area contributed by atoms with Crippen molar-refractivity contribution in [1.29, 1.82) is 5.26 Å². The summed E-state index contributed by atoms with van der Waals surface area (Å²) in [7, 11) is 0. The van der Waals surface area contributed by atoms with Gasteiger partial charge >= 0.3 is 5.97 Å². The lowest BCUT2D eigenvalue weighted by molar-refractivity contribution is -0.154. The fourth-order valence-corrected chi connectivity index (χ4v) is 5.59. The summed E-state index contributed by atoms with van der Waals surface area (Å²) < 4.78 is 12.0. The zero-order valence-electron chi connectivity index (χ0n) is 18.9. The van der Waals surface area contributed by atoms with Gasteiger partial charge in [0, 0.05) is 23.8 Å². The average Bonchev–Trinajstić information content (AvgIpc) is 2.65. The van der Waals surface area contributed by atoms with Crippen LogP contribution in [0, 0.1) is 17.2 Å². The minimum atomic E-state index is -0.700.